The second-order valence-electron chi connectivity index (χ2n) is 3.06. The third kappa shape index (κ3) is 0.939. The van der Waals surface area contributed by atoms with Gasteiger partial charge in [0.2, 0.25) is 0 Å². The summed E-state index contributed by atoms with van der Waals surface area (Å²) in [6.45, 7) is 0. The molecule has 14 heavy (non-hydrogen) atoms. The van der Waals surface area contributed by atoms with Crippen LogP contribution in [0.15, 0.2) is 41.9 Å². The van der Waals surface area contributed by atoms with Gasteiger partial charge in [0, 0.05) is 30.4 Å². The summed E-state index contributed by atoms with van der Waals surface area (Å²) >= 11 is 0. The summed E-state index contributed by atoms with van der Waals surface area (Å²) < 4.78 is 0. The Morgan fingerprint density at radius 3 is 3.36 bits per heavy atom. The van der Waals surface area contributed by atoms with Crippen LogP contribution in [0.2, 0.25) is 0 Å². The third-order valence-electron chi connectivity index (χ3n) is 2.20. The van der Waals surface area contributed by atoms with E-state index in [4.69, 9.17) is 0 Å². The van der Waals surface area contributed by atoms with E-state index >= 15 is 0 Å². The summed E-state index contributed by atoms with van der Waals surface area (Å²) in [6.07, 6.45) is 11.0. The van der Waals surface area contributed by atoms with Crippen LogP contribution in [0, 0.1) is 0 Å². The molecule has 0 atom stereocenters. The summed E-state index contributed by atoms with van der Waals surface area (Å²) in [5.41, 5.74) is 6.40. The highest BCUT2D eigenvalue weighted by molar-refractivity contribution is 5.84. The van der Waals surface area contributed by atoms with Gasteiger partial charge in [0.1, 0.15) is 0 Å². The van der Waals surface area contributed by atoms with E-state index in [0.717, 1.165) is 16.9 Å². The number of aliphatic imine (C=N–C) groups is 1. The van der Waals surface area contributed by atoms with E-state index in [1.54, 1.807) is 12.4 Å². The molecule has 1 N–H and O–H groups in total. The van der Waals surface area contributed by atoms with Crippen LogP contribution < -0.4 is 5.43 Å². The van der Waals surface area contributed by atoms with Crippen molar-refractivity contribution in [1.82, 2.24) is 9.99 Å². The van der Waals surface area contributed by atoms with Crippen LogP contribution in [0.1, 0.15) is 5.56 Å². The standard InChI is InChI=1S/C10H8N4/c1-3-11-7-10-8-6-12-4-2-9(8)13-14(10)5-1/h1-7,13H. The monoisotopic (exact) mass is 184 g/mol. The minimum absolute atomic E-state index is 1.03. The van der Waals surface area contributed by atoms with Crippen molar-refractivity contribution < 1.29 is 0 Å². The molecule has 0 radical (unpaired) electrons. The highest BCUT2D eigenvalue weighted by Gasteiger charge is 2.21. The van der Waals surface area contributed by atoms with Gasteiger partial charge in [0.15, 0.2) is 0 Å². The second-order valence-corrected chi connectivity index (χ2v) is 3.06. The van der Waals surface area contributed by atoms with E-state index in [9.17, 15) is 0 Å². The number of nitrogens with zero attached hydrogens (tertiary/aromatic N) is 3. The summed E-state index contributed by atoms with van der Waals surface area (Å²) in [4.78, 5) is 8.22. The molecule has 0 spiro atoms. The fourth-order valence-electron chi connectivity index (χ4n) is 1.55. The van der Waals surface area contributed by atoms with E-state index < -0.39 is 0 Å². The predicted molar refractivity (Wildman–Crippen MR) is 55.3 cm³/mol. The molecule has 3 rings (SSSR count). The van der Waals surface area contributed by atoms with Crippen LogP contribution in [0.4, 0.5) is 5.69 Å². The fraction of sp³-hybridized carbons (Fsp3) is 0. The molecule has 3 heterocycles. The molecule has 4 nitrogen and oxygen atoms in total. The number of allylic oxidation sites excluding steroid dienone is 1. The zero-order chi connectivity index (χ0) is 9.38. The second kappa shape index (κ2) is 2.70. The number of rotatable bonds is 0. The van der Waals surface area contributed by atoms with Crippen LogP contribution in [-0.4, -0.2) is 16.2 Å². The van der Waals surface area contributed by atoms with Gasteiger partial charge in [0.25, 0.3) is 0 Å². The maximum Gasteiger partial charge on any atom is 0.0915 e. The normalized spacial score (nSPS) is 16.9. The summed E-state index contributed by atoms with van der Waals surface area (Å²) in [7, 11) is 0. The van der Waals surface area contributed by atoms with Gasteiger partial charge in [0.05, 0.1) is 17.6 Å². The smallest absolute Gasteiger partial charge is 0.0915 e. The lowest BCUT2D eigenvalue weighted by Gasteiger charge is -2.12. The van der Waals surface area contributed by atoms with E-state index in [1.165, 1.54) is 0 Å². The Balaban J connectivity index is 2.18. The Kier molecular flexibility index (Phi) is 1.41. The van der Waals surface area contributed by atoms with Gasteiger partial charge >= 0.3 is 0 Å². The largest absolute Gasteiger partial charge is 0.293 e. The van der Waals surface area contributed by atoms with Crippen molar-refractivity contribution in [1.29, 1.82) is 0 Å². The lowest BCUT2D eigenvalue weighted by Crippen LogP contribution is -2.14. The first-order valence-electron chi connectivity index (χ1n) is 4.35. The Labute approximate surface area is 81.3 Å². The molecule has 4 heteroatoms. The number of pyridine rings is 1. The maximum atomic E-state index is 4.13. The molecule has 0 aromatic carbocycles. The first-order valence-corrected chi connectivity index (χ1v) is 4.35. The molecular weight excluding hydrogens is 176 g/mol. The van der Waals surface area contributed by atoms with Crippen LogP contribution in [0.3, 0.4) is 0 Å². The zero-order valence-corrected chi connectivity index (χ0v) is 7.38. The first-order chi connectivity index (χ1) is 6.95. The number of anilines is 1. The van der Waals surface area contributed by atoms with Gasteiger partial charge < -0.3 is 0 Å². The molecule has 0 bridgehead atoms. The van der Waals surface area contributed by atoms with Crippen LogP contribution >= 0.6 is 0 Å². The van der Waals surface area contributed by atoms with E-state index in [-0.39, 0.29) is 0 Å². The van der Waals surface area contributed by atoms with Gasteiger partial charge in [-0.1, -0.05) is 0 Å². The van der Waals surface area contributed by atoms with Gasteiger partial charge in [-0.05, 0) is 12.1 Å². The number of hydrogen-bond acceptors (Lipinski definition) is 4. The van der Waals surface area contributed by atoms with Crippen LogP contribution in [0.25, 0.3) is 5.70 Å². The van der Waals surface area contributed by atoms with Crippen molar-refractivity contribution in [3.05, 3.63) is 42.5 Å². The number of nitrogens with one attached hydrogen (secondary N) is 1. The molecule has 2 aliphatic heterocycles. The van der Waals surface area contributed by atoms with Crippen molar-refractivity contribution in [2.75, 3.05) is 5.43 Å². The molecule has 2 aliphatic rings. The van der Waals surface area contributed by atoms with Crippen LogP contribution in [0.5, 0.6) is 0 Å². The first kappa shape index (κ1) is 7.32. The van der Waals surface area contributed by atoms with Crippen molar-refractivity contribution in [3.63, 3.8) is 0 Å². The Bertz CT molecular complexity index is 459. The van der Waals surface area contributed by atoms with Crippen molar-refractivity contribution in [3.8, 4) is 0 Å². The fourth-order valence-corrected chi connectivity index (χ4v) is 1.55. The van der Waals surface area contributed by atoms with Crippen LogP contribution in [-0.2, 0) is 0 Å². The highest BCUT2D eigenvalue weighted by atomic mass is 15.5. The number of hydrazine groups is 1. The average Bonchev–Trinajstić information content (AvgIpc) is 2.42. The predicted octanol–water partition coefficient (Wildman–Crippen LogP) is 1.62. The number of hydrogen-bond donors (Lipinski definition) is 1. The minimum Gasteiger partial charge on any atom is -0.293 e. The molecule has 1 aromatic rings. The molecule has 0 amide bonds. The minimum atomic E-state index is 1.03. The summed E-state index contributed by atoms with van der Waals surface area (Å²) in [5, 5.41) is 1.93. The van der Waals surface area contributed by atoms with E-state index in [1.807, 2.05) is 35.7 Å². The quantitative estimate of drug-likeness (QED) is 0.666. The molecular formula is C10H8N4. The summed E-state index contributed by atoms with van der Waals surface area (Å²) in [6, 6.07) is 1.95. The molecule has 0 saturated carbocycles. The lowest BCUT2D eigenvalue weighted by atomic mass is 10.2. The highest BCUT2D eigenvalue weighted by Crippen LogP contribution is 2.33. The average molecular weight is 184 g/mol. The van der Waals surface area contributed by atoms with Crippen molar-refractivity contribution in [2.24, 2.45) is 4.99 Å². The van der Waals surface area contributed by atoms with Crippen molar-refractivity contribution >= 4 is 17.6 Å². The van der Waals surface area contributed by atoms with E-state index in [2.05, 4.69) is 15.4 Å². The van der Waals surface area contributed by atoms with Gasteiger partial charge in [-0.15, -0.1) is 0 Å². The third-order valence-corrected chi connectivity index (χ3v) is 2.20. The van der Waals surface area contributed by atoms with Gasteiger partial charge in [-0.25, -0.2) is 0 Å². The Hall–Kier alpha value is -2.10. The molecule has 0 fully saturated rings. The molecule has 68 valence electrons. The topological polar surface area (TPSA) is 40.5 Å². The Morgan fingerprint density at radius 2 is 2.36 bits per heavy atom. The van der Waals surface area contributed by atoms with Gasteiger partial charge in [-0.3, -0.25) is 20.4 Å². The van der Waals surface area contributed by atoms with E-state index in [0.29, 0.717) is 0 Å². The lowest BCUT2D eigenvalue weighted by molar-refractivity contribution is 0.664. The van der Waals surface area contributed by atoms with Gasteiger partial charge in [-0.2, -0.15) is 0 Å². The maximum absolute atomic E-state index is 4.13. The number of aromatic nitrogens is 1. The zero-order valence-electron chi connectivity index (χ0n) is 7.38. The molecule has 0 aliphatic carbocycles. The molecule has 0 saturated heterocycles. The Morgan fingerprint density at radius 1 is 1.36 bits per heavy atom. The van der Waals surface area contributed by atoms with Crippen molar-refractivity contribution in [2.45, 2.75) is 0 Å². The SMILES string of the molecule is C1=CN2Nc3ccncc3C2=CN=C1. The summed E-state index contributed by atoms with van der Waals surface area (Å²) in [5.74, 6) is 0. The molecule has 0 unspecified atom stereocenters. The molecule has 1 aromatic heterocycles. The number of fused-ring (bicyclic) bond motifs is 3.